The summed E-state index contributed by atoms with van der Waals surface area (Å²) >= 11 is 19.7. The number of halogens is 3. The Hall–Kier alpha value is -4.51. The maximum Gasteiger partial charge on any atom is 0.330 e. The number of hydrogen-bond donors (Lipinski definition) is 1. The SMILES string of the molecule is C=CC(=O)Cc1ccccc1Nc1ncc2c(n1)N(Cc1ccc(Cl)c(OC)c1)C(=O)N(c1c(Cl)c(OC)cc(OC)c1Cl)C2. The molecule has 10 nitrogen and oxygen atoms in total. The molecule has 1 aliphatic rings. The topological polar surface area (TPSA) is 106 Å². The summed E-state index contributed by atoms with van der Waals surface area (Å²) in [5.41, 5.74) is 2.94. The number of benzene rings is 3. The van der Waals surface area contributed by atoms with Gasteiger partial charge in [-0.2, -0.15) is 4.98 Å². The van der Waals surface area contributed by atoms with Crippen LogP contribution in [0, 0.1) is 0 Å². The maximum atomic E-state index is 14.4. The molecule has 0 bridgehead atoms. The molecule has 1 aliphatic heterocycles. The Kier molecular flexibility index (Phi) is 9.67. The lowest BCUT2D eigenvalue weighted by molar-refractivity contribution is -0.114. The van der Waals surface area contributed by atoms with Crippen LogP contribution in [0.1, 0.15) is 16.7 Å². The molecule has 13 heteroatoms. The average Bonchev–Trinajstić information content (AvgIpc) is 3.04. The maximum absolute atomic E-state index is 14.4. The van der Waals surface area contributed by atoms with Crippen molar-refractivity contribution in [3.8, 4) is 17.2 Å². The van der Waals surface area contributed by atoms with Crippen LogP contribution < -0.4 is 29.3 Å². The third-order valence-electron chi connectivity index (χ3n) is 7.12. The predicted molar refractivity (Wildman–Crippen MR) is 176 cm³/mol. The lowest BCUT2D eigenvalue weighted by Crippen LogP contribution is -2.48. The van der Waals surface area contributed by atoms with E-state index in [1.807, 2.05) is 24.3 Å². The largest absolute Gasteiger partial charge is 0.495 e. The van der Waals surface area contributed by atoms with Crippen molar-refractivity contribution in [2.45, 2.75) is 19.5 Å². The van der Waals surface area contributed by atoms with Crippen LogP contribution in [-0.2, 0) is 24.3 Å². The minimum absolute atomic E-state index is 0.0507. The van der Waals surface area contributed by atoms with Gasteiger partial charge in [0.15, 0.2) is 5.78 Å². The highest BCUT2D eigenvalue weighted by Crippen LogP contribution is 2.48. The van der Waals surface area contributed by atoms with Gasteiger partial charge >= 0.3 is 6.03 Å². The fourth-order valence-corrected chi connectivity index (χ4v) is 5.77. The highest BCUT2D eigenvalue weighted by Gasteiger charge is 2.37. The minimum Gasteiger partial charge on any atom is -0.495 e. The number of ether oxygens (including phenoxy) is 3. The van der Waals surface area contributed by atoms with Gasteiger partial charge in [0.1, 0.15) is 33.1 Å². The molecule has 2 amide bonds. The van der Waals surface area contributed by atoms with Gasteiger partial charge in [-0.25, -0.2) is 9.78 Å². The summed E-state index contributed by atoms with van der Waals surface area (Å²) in [7, 11) is 4.43. The number of rotatable bonds is 11. The molecule has 0 radical (unpaired) electrons. The van der Waals surface area contributed by atoms with Gasteiger partial charge in [-0.15, -0.1) is 0 Å². The molecule has 0 unspecified atom stereocenters. The number of urea groups is 1. The van der Waals surface area contributed by atoms with E-state index in [-0.39, 0.29) is 58.5 Å². The van der Waals surface area contributed by atoms with E-state index in [1.165, 1.54) is 37.2 Å². The predicted octanol–water partition coefficient (Wildman–Crippen LogP) is 7.65. The summed E-state index contributed by atoms with van der Waals surface area (Å²) in [5, 5.41) is 3.90. The van der Waals surface area contributed by atoms with Crippen molar-refractivity contribution in [3.63, 3.8) is 0 Å². The highest BCUT2D eigenvalue weighted by molar-refractivity contribution is 6.42. The van der Waals surface area contributed by atoms with E-state index in [0.717, 1.165) is 11.1 Å². The van der Waals surface area contributed by atoms with E-state index in [9.17, 15) is 9.59 Å². The van der Waals surface area contributed by atoms with E-state index in [2.05, 4.69) is 16.9 Å². The molecule has 4 aromatic rings. The second kappa shape index (κ2) is 13.6. The van der Waals surface area contributed by atoms with Crippen molar-refractivity contribution in [3.05, 3.63) is 99.1 Å². The van der Waals surface area contributed by atoms with E-state index < -0.39 is 6.03 Å². The van der Waals surface area contributed by atoms with Gasteiger partial charge in [0.05, 0.1) is 45.1 Å². The zero-order valence-corrected chi connectivity index (χ0v) is 26.8. The molecule has 0 atom stereocenters. The van der Waals surface area contributed by atoms with Gasteiger partial charge in [0.2, 0.25) is 5.95 Å². The summed E-state index contributed by atoms with van der Waals surface area (Å²) in [6.45, 7) is 3.70. The van der Waals surface area contributed by atoms with Crippen molar-refractivity contribution in [2.24, 2.45) is 0 Å². The van der Waals surface area contributed by atoms with Gasteiger partial charge in [0, 0.05) is 29.9 Å². The number of nitrogens with one attached hydrogen (secondary N) is 1. The highest BCUT2D eigenvalue weighted by atomic mass is 35.5. The van der Waals surface area contributed by atoms with Crippen LogP contribution in [0.25, 0.3) is 0 Å². The van der Waals surface area contributed by atoms with Crippen LogP contribution in [-0.4, -0.2) is 43.1 Å². The Morgan fingerprint density at radius 3 is 2.36 bits per heavy atom. The molecule has 0 aliphatic carbocycles. The number of hydrogen-bond acceptors (Lipinski definition) is 8. The molecule has 0 spiro atoms. The van der Waals surface area contributed by atoms with Crippen molar-refractivity contribution in [1.82, 2.24) is 9.97 Å². The Morgan fingerprint density at radius 1 is 1.00 bits per heavy atom. The first-order valence-electron chi connectivity index (χ1n) is 13.6. The summed E-state index contributed by atoms with van der Waals surface area (Å²) in [4.78, 5) is 38.7. The summed E-state index contributed by atoms with van der Waals surface area (Å²) in [5.74, 6) is 1.48. The Labute approximate surface area is 275 Å². The summed E-state index contributed by atoms with van der Waals surface area (Å²) in [6.07, 6.45) is 3.06. The molecule has 3 aromatic carbocycles. The third kappa shape index (κ3) is 6.49. The number of amides is 2. The monoisotopic (exact) mass is 667 g/mol. The number of ketones is 1. The van der Waals surface area contributed by atoms with Crippen molar-refractivity contribution in [1.29, 1.82) is 0 Å². The zero-order valence-electron chi connectivity index (χ0n) is 24.6. The molecule has 45 heavy (non-hydrogen) atoms. The lowest BCUT2D eigenvalue weighted by Gasteiger charge is -2.37. The molecule has 0 saturated heterocycles. The summed E-state index contributed by atoms with van der Waals surface area (Å²) < 4.78 is 16.3. The Bertz CT molecular complexity index is 1770. The lowest BCUT2D eigenvalue weighted by atomic mass is 10.1. The Morgan fingerprint density at radius 2 is 1.69 bits per heavy atom. The molecular formula is C32H28Cl3N5O5. The van der Waals surface area contributed by atoms with Gasteiger partial charge in [0.25, 0.3) is 0 Å². The molecular weight excluding hydrogens is 641 g/mol. The molecule has 5 rings (SSSR count). The van der Waals surface area contributed by atoms with E-state index >= 15 is 0 Å². The Balaban J connectivity index is 1.60. The average molecular weight is 669 g/mol. The number of para-hydroxylation sites is 1. The van der Waals surface area contributed by atoms with Gasteiger partial charge in [-0.05, 0) is 35.4 Å². The normalized spacial score (nSPS) is 12.4. The van der Waals surface area contributed by atoms with Gasteiger partial charge in [-0.3, -0.25) is 14.6 Å². The second-order valence-corrected chi connectivity index (χ2v) is 11.0. The van der Waals surface area contributed by atoms with Crippen LogP contribution >= 0.6 is 34.8 Å². The molecule has 0 fully saturated rings. The molecule has 1 aromatic heterocycles. The minimum atomic E-state index is -0.461. The van der Waals surface area contributed by atoms with Gasteiger partial charge in [-0.1, -0.05) is 65.6 Å². The number of allylic oxidation sites excluding steroid dienone is 1. The van der Waals surface area contributed by atoms with Gasteiger partial charge < -0.3 is 19.5 Å². The molecule has 232 valence electrons. The first-order valence-corrected chi connectivity index (χ1v) is 14.7. The number of nitrogens with zero attached hydrogens (tertiary/aromatic N) is 4. The number of carbonyl (C=O) groups excluding carboxylic acids is 2. The van der Waals surface area contributed by atoms with Crippen LogP contribution in [0.3, 0.4) is 0 Å². The van der Waals surface area contributed by atoms with Crippen molar-refractivity contribution >= 4 is 69.8 Å². The first-order chi connectivity index (χ1) is 21.7. The quantitative estimate of drug-likeness (QED) is 0.163. The van der Waals surface area contributed by atoms with Crippen LogP contribution in [0.15, 0.2) is 67.4 Å². The van der Waals surface area contributed by atoms with E-state index in [1.54, 1.807) is 30.5 Å². The zero-order chi connectivity index (χ0) is 32.2. The number of aromatic nitrogens is 2. The fourth-order valence-electron chi connectivity index (χ4n) is 4.87. The third-order valence-corrected chi connectivity index (χ3v) is 8.16. The molecule has 2 heterocycles. The van der Waals surface area contributed by atoms with Crippen LogP contribution in [0.4, 0.5) is 27.9 Å². The van der Waals surface area contributed by atoms with Crippen LogP contribution in [0.2, 0.25) is 15.1 Å². The molecule has 0 saturated carbocycles. The van der Waals surface area contributed by atoms with Crippen molar-refractivity contribution in [2.75, 3.05) is 36.4 Å². The second-order valence-electron chi connectivity index (χ2n) is 9.85. The first kappa shape index (κ1) is 31.9. The number of methoxy groups -OCH3 is 3. The van der Waals surface area contributed by atoms with Crippen LogP contribution in [0.5, 0.6) is 17.2 Å². The number of anilines is 4. The number of fused-ring (bicyclic) bond motifs is 1. The number of carbonyl (C=O) groups is 2. The molecule has 1 N–H and O–H groups in total. The smallest absolute Gasteiger partial charge is 0.330 e. The fraction of sp³-hybridized carbons (Fsp3) is 0.188. The van der Waals surface area contributed by atoms with E-state index in [0.29, 0.717) is 27.8 Å². The standard InChI is InChI=1S/C32H28Cl3N5O5/c1-5-21(41)13-19-8-6-7-9-23(19)37-31-36-15-20-17-39(29-27(34)25(44-3)14-26(45-4)28(29)35)32(42)40(30(20)38-31)16-18-10-11-22(33)24(12-18)43-2/h5-12,14-15H,1,13,16-17H2,2-4H3,(H,36,37,38). The van der Waals surface area contributed by atoms with E-state index in [4.69, 9.17) is 54.0 Å². The summed E-state index contributed by atoms with van der Waals surface area (Å²) in [6, 6.07) is 13.6. The van der Waals surface area contributed by atoms with Crippen molar-refractivity contribution < 1.29 is 23.8 Å².